The second-order valence-corrected chi connectivity index (χ2v) is 5.77. The van der Waals surface area contributed by atoms with Crippen molar-refractivity contribution in [3.63, 3.8) is 0 Å². The molecule has 1 amide bonds. The fourth-order valence-electron chi connectivity index (χ4n) is 2.66. The number of carboxylic acid groups (broad SMARTS) is 1. The number of hydrogen-bond donors (Lipinski definition) is 1. The quantitative estimate of drug-likeness (QED) is 0.608. The van der Waals surface area contributed by atoms with Crippen LogP contribution in [0.2, 0.25) is 0 Å². The molecule has 7 heteroatoms. The molecule has 5 nitrogen and oxygen atoms in total. The largest absolute Gasteiger partial charge is 1.00 e. The standard InChI is InChI=1S/C15H18FNO4.Na/c1-15(2)11(12(15)14(19)20)13(18)17-7-8-4-5-9(21-3)6-10(8)16;/h4-6,11-12H,7H2,1-3H3,(H,17,18)(H,19,20);/q;+1/p-1. The first kappa shape index (κ1) is 18.9. The summed E-state index contributed by atoms with van der Waals surface area (Å²) in [6, 6.07) is 4.34. The molecular weight excluding hydrogens is 300 g/mol. The third-order valence-corrected chi connectivity index (χ3v) is 4.08. The van der Waals surface area contributed by atoms with E-state index in [1.807, 2.05) is 0 Å². The molecule has 1 fully saturated rings. The molecule has 1 aliphatic carbocycles. The van der Waals surface area contributed by atoms with Crippen LogP contribution in [-0.2, 0) is 16.1 Å². The zero-order chi connectivity index (χ0) is 15.8. The number of carbonyl (C=O) groups excluding carboxylic acids is 2. The summed E-state index contributed by atoms with van der Waals surface area (Å²) in [6.07, 6.45) is 0. The van der Waals surface area contributed by atoms with Gasteiger partial charge in [-0.05, 0) is 11.5 Å². The average molecular weight is 317 g/mol. The minimum absolute atomic E-state index is 0. The van der Waals surface area contributed by atoms with Gasteiger partial charge in [0.25, 0.3) is 0 Å². The molecule has 22 heavy (non-hydrogen) atoms. The van der Waals surface area contributed by atoms with Crippen LogP contribution in [0, 0.1) is 23.1 Å². The van der Waals surface area contributed by atoms with Crippen LogP contribution in [0.5, 0.6) is 5.75 Å². The maximum Gasteiger partial charge on any atom is 1.00 e. The van der Waals surface area contributed by atoms with Gasteiger partial charge in [-0.3, -0.25) is 4.79 Å². The normalized spacial score (nSPS) is 21.5. The molecular formula is C15H17FNNaO4. The van der Waals surface area contributed by atoms with Gasteiger partial charge in [-0.15, -0.1) is 0 Å². The van der Waals surface area contributed by atoms with Crippen molar-refractivity contribution >= 4 is 11.9 Å². The predicted molar refractivity (Wildman–Crippen MR) is 70.6 cm³/mol. The van der Waals surface area contributed by atoms with Crippen LogP contribution in [0.1, 0.15) is 19.4 Å². The topological polar surface area (TPSA) is 78.5 Å². The maximum absolute atomic E-state index is 13.7. The number of nitrogens with one attached hydrogen (secondary N) is 1. The van der Waals surface area contributed by atoms with Gasteiger partial charge >= 0.3 is 29.6 Å². The molecule has 1 saturated carbocycles. The Morgan fingerprint density at radius 2 is 2.00 bits per heavy atom. The second-order valence-electron chi connectivity index (χ2n) is 5.77. The molecule has 2 unspecified atom stereocenters. The number of methoxy groups -OCH3 is 1. The third-order valence-electron chi connectivity index (χ3n) is 4.08. The molecule has 0 radical (unpaired) electrons. The van der Waals surface area contributed by atoms with Gasteiger partial charge in [0.1, 0.15) is 11.6 Å². The van der Waals surface area contributed by atoms with E-state index in [4.69, 9.17) is 4.74 Å². The number of amides is 1. The molecule has 0 bridgehead atoms. The van der Waals surface area contributed by atoms with E-state index < -0.39 is 34.9 Å². The molecule has 1 aromatic rings. The van der Waals surface area contributed by atoms with Crippen molar-refractivity contribution in [1.82, 2.24) is 5.32 Å². The van der Waals surface area contributed by atoms with Gasteiger partial charge in [0.15, 0.2) is 0 Å². The van der Waals surface area contributed by atoms with Crippen molar-refractivity contribution in [2.24, 2.45) is 17.3 Å². The molecule has 1 aliphatic rings. The third kappa shape index (κ3) is 3.62. The summed E-state index contributed by atoms with van der Waals surface area (Å²) in [5.74, 6) is -3.15. The van der Waals surface area contributed by atoms with Crippen LogP contribution in [-0.4, -0.2) is 19.0 Å². The van der Waals surface area contributed by atoms with Crippen molar-refractivity contribution in [1.29, 1.82) is 0 Å². The molecule has 0 aromatic heterocycles. The second kappa shape index (κ2) is 6.98. The Balaban J connectivity index is 0.00000242. The number of carboxylic acids is 1. The van der Waals surface area contributed by atoms with Gasteiger partial charge in [0.2, 0.25) is 5.91 Å². The first-order valence-corrected chi connectivity index (χ1v) is 6.60. The number of aliphatic carboxylic acids is 1. The van der Waals surface area contributed by atoms with Gasteiger partial charge in [0.05, 0.1) is 13.0 Å². The first-order chi connectivity index (χ1) is 9.78. The van der Waals surface area contributed by atoms with E-state index in [0.29, 0.717) is 11.3 Å². The van der Waals surface area contributed by atoms with E-state index in [1.54, 1.807) is 19.9 Å². The minimum Gasteiger partial charge on any atom is -0.550 e. The molecule has 2 atom stereocenters. The number of carbonyl (C=O) groups is 2. The molecule has 1 aromatic carbocycles. The summed E-state index contributed by atoms with van der Waals surface area (Å²) in [6.45, 7) is 3.40. The monoisotopic (exact) mass is 317 g/mol. The Kier molecular flexibility index (Phi) is 6.01. The molecule has 2 rings (SSSR count). The molecule has 0 heterocycles. The van der Waals surface area contributed by atoms with Crippen molar-refractivity contribution in [3.8, 4) is 5.75 Å². The van der Waals surface area contributed by atoms with E-state index >= 15 is 0 Å². The molecule has 0 spiro atoms. The van der Waals surface area contributed by atoms with Crippen molar-refractivity contribution < 1.29 is 53.4 Å². The van der Waals surface area contributed by atoms with E-state index in [1.165, 1.54) is 19.2 Å². The van der Waals surface area contributed by atoms with E-state index in [0.717, 1.165) is 0 Å². The number of hydrogen-bond acceptors (Lipinski definition) is 4. The van der Waals surface area contributed by atoms with Crippen LogP contribution in [0.25, 0.3) is 0 Å². The molecule has 114 valence electrons. The van der Waals surface area contributed by atoms with Crippen molar-refractivity contribution in [3.05, 3.63) is 29.6 Å². The number of halogens is 1. The van der Waals surface area contributed by atoms with Crippen molar-refractivity contribution in [2.45, 2.75) is 20.4 Å². The molecule has 0 aliphatic heterocycles. The zero-order valence-electron chi connectivity index (χ0n) is 13.1. The van der Waals surface area contributed by atoms with Crippen LogP contribution in [0.3, 0.4) is 0 Å². The SMILES string of the molecule is COc1ccc(CNC(=O)C2C(C(=O)[O-])C2(C)C)c(F)c1.[Na+]. The van der Waals surface area contributed by atoms with Gasteiger partial charge in [-0.1, -0.05) is 19.9 Å². The Hall–Kier alpha value is -1.11. The smallest absolute Gasteiger partial charge is 0.550 e. The predicted octanol–water partition coefficient (Wildman–Crippen LogP) is -2.52. The summed E-state index contributed by atoms with van der Waals surface area (Å²) >= 11 is 0. The summed E-state index contributed by atoms with van der Waals surface area (Å²) < 4.78 is 18.6. The minimum atomic E-state index is -1.23. The van der Waals surface area contributed by atoms with E-state index in [9.17, 15) is 19.1 Å². The van der Waals surface area contributed by atoms with Gasteiger partial charge in [-0.25, -0.2) is 4.39 Å². The summed E-state index contributed by atoms with van der Waals surface area (Å²) in [7, 11) is 1.44. The zero-order valence-corrected chi connectivity index (χ0v) is 15.1. The van der Waals surface area contributed by atoms with Gasteiger partial charge in [-0.2, -0.15) is 0 Å². The van der Waals surface area contributed by atoms with Crippen molar-refractivity contribution in [2.75, 3.05) is 7.11 Å². The number of ether oxygens (including phenoxy) is 1. The fourth-order valence-corrected chi connectivity index (χ4v) is 2.66. The van der Waals surface area contributed by atoms with Gasteiger partial charge < -0.3 is 20.0 Å². The summed E-state index contributed by atoms with van der Waals surface area (Å²) in [5.41, 5.74) is -0.311. The van der Waals surface area contributed by atoms with E-state index in [-0.39, 0.29) is 36.1 Å². The van der Waals surface area contributed by atoms with Crippen LogP contribution in [0.15, 0.2) is 18.2 Å². The van der Waals surface area contributed by atoms with Crippen LogP contribution < -0.4 is 44.7 Å². The Bertz CT molecular complexity index is 591. The number of rotatable bonds is 5. The Morgan fingerprint density at radius 3 is 2.45 bits per heavy atom. The summed E-state index contributed by atoms with van der Waals surface area (Å²) in [4.78, 5) is 22.9. The summed E-state index contributed by atoms with van der Waals surface area (Å²) in [5, 5.41) is 13.5. The number of benzene rings is 1. The molecule has 1 N–H and O–H groups in total. The van der Waals surface area contributed by atoms with Crippen LogP contribution in [0.4, 0.5) is 4.39 Å². The van der Waals surface area contributed by atoms with Gasteiger partial charge in [0, 0.05) is 30.1 Å². The first-order valence-electron chi connectivity index (χ1n) is 6.60. The maximum atomic E-state index is 13.7. The molecule has 0 saturated heterocycles. The van der Waals surface area contributed by atoms with E-state index in [2.05, 4.69) is 5.32 Å². The van der Waals surface area contributed by atoms with Crippen LogP contribution >= 0.6 is 0 Å². The average Bonchev–Trinajstić information content (AvgIpc) is 3.00. The fraction of sp³-hybridized carbons (Fsp3) is 0.467. The Morgan fingerprint density at radius 1 is 1.36 bits per heavy atom. The Labute approximate surface area is 150 Å².